The highest BCUT2D eigenvalue weighted by Crippen LogP contribution is 2.67. The Kier molecular flexibility index (Phi) is 4.67. The number of ether oxygens (including phenoxy) is 3. The van der Waals surface area contributed by atoms with Crippen LogP contribution in [-0.4, -0.2) is 39.1 Å². The first-order valence-corrected chi connectivity index (χ1v) is 13.1. The lowest BCUT2D eigenvalue weighted by Gasteiger charge is -2.50. The van der Waals surface area contributed by atoms with Crippen LogP contribution in [0, 0.1) is 17.8 Å². The minimum Gasteiger partial charge on any atom is -0.462 e. The fourth-order valence-electron chi connectivity index (χ4n) is 5.56. The van der Waals surface area contributed by atoms with E-state index in [-0.39, 0.29) is 22.9 Å². The van der Waals surface area contributed by atoms with Crippen molar-refractivity contribution in [3.63, 3.8) is 0 Å². The number of rotatable bonds is 4. The Morgan fingerprint density at radius 1 is 1.08 bits per heavy atom. The van der Waals surface area contributed by atoms with Gasteiger partial charge in [0.15, 0.2) is 5.79 Å². The lowest BCUT2D eigenvalue weighted by molar-refractivity contribution is -0.215. The van der Waals surface area contributed by atoms with E-state index in [1.54, 1.807) is 6.92 Å². The van der Waals surface area contributed by atoms with E-state index >= 15 is 0 Å². The first-order valence-electron chi connectivity index (χ1n) is 9.55. The van der Waals surface area contributed by atoms with Crippen LogP contribution in [0.4, 0.5) is 0 Å². The zero-order valence-electron chi connectivity index (χ0n) is 16.2. The minimum atomic E-state index is -1.43. The molecule has 0 amide bonds. The van der Waals surface area contributed by atoms with Crippen molar-refractivity contribution in [3.8, 4) is 0 Å². The molecular formula is C19H34O4Si. The Morgan fingerprint density at radius 3 is 1.96 bits per heavy atom. The normalized spacial score (nSPS) is 35.7. The van der Waals surface area contributed by atoms with Crippen molar-refractivity contribution in [2.45, 2.75) is 83.0 Å². The summed E-state index contributed by atoms with van der Waals surface area (Å²) in [6.07, 6.45) is 4.33. The lowest BCUT2D eigenvalue weighted by Crippen LogP contribution is -2.52. The summed E-state index contributed by atoms with van der Waals surface area (Å²) in [7, 11) is -1.43. The van der Waals surface area contributed by atoms with Crippen LogP contribution in [-0.2, 0) is 19.0 Å². The second kappa shape index (κ2) is 6.10. The van der Waals surface area contributed by atoms with Crippen molar-refractivity contribution in [1.29, 1.82) is 0 Å². The van der Waals surface area contributed by atoms with Crippen LogP contribution in [0.15, 0.2) is 0 Å². The summed E-state index contributed by atoms with van der Waals surface area (Å²) in [6, 6.07) is 0. The number of carbonyl (C=O) groups is 1. The van der Waals surface area contributed by atoms with Crippen LogP contribution in [0.3, 0.4) is 0 Å². The monoisotopic (exact) mass is 354 g/mol. The van der Waals surface area contributed by atoms with Crippen molar-refractivity contribution in [3.05, 3.63) is 0 Å². The van der Waals surface area contributed by atoms with Gasteiger partial charge in [0.25, 0.3) is 0 Å². The molecule has 3 fully saturated rings. The van der Waals surface area contributed by atoms with Crippen LogP contribution in [0.25, 0.3) is 0 Å². The van der Waals surface area contributed by atoms with E-state index in [0.29, 0.717) is 31.0 Å². The SMILES string of the molecule is CC(=O)O[C@H](C1[C@@H](C)CC2(C[C@@H]1C)OCCO2)C1([Si](C)(C)C)CC1. The second-order valence-corrected chi connectivity index (χ2v) is 15.0. The standard InChI is InChI=1S/C19H34O4Si/c1-13-11-19(21-9-10-22-19)12-14(2)16(13)17(23-15(3)20)18(7-8-18)24(4,5)6/h13-14,16-17H,7-12H2,1-6H3/t13-,14-,17+/m0/s1. The molecule has 0 unspecified atom stereocenters. The molecule has 1 aliphatic heterocycles. The molecule has 5 heteroatoms. The predicted molar refractivity (Wildman–Crippen MR) is 96.5 cm³/mol. The molecule has 24 heavy (non-hydrogen) atoms. The van der Waals surface area contributed by atoms with Crippen molar-refractivity contribution >= 4 is 14.0 Å². The van der Waals surface area contributed by atoms with Gasteiger partial charge in [-0.25, -0.2) is 0 Å². The number of esters is 1. The molecule has 1 saturated heterocycles. The average Bonchev–Trinajstić information content (AvgIpc) is 3.14. The molecule has 3 atom stereocenters. The molecule has 0 aromatic heterocycles. The summed E-state index contributed by atoms with van der Waals surface area (Å²) >= 11 is 0. The van der Waals surface area contributed by atoms with E-state index < -0.39 is 8.07 Å². The van der Waals surface area contributed by atoms with Crippen LogP contribution in [0.5, 0.6) is 0 Å². The van der Waals surface area contributed by atoms with Gasteiger partial charge in [0, 0.05) is 30.7 Å². The van der Waals surface area contributed by atoms with Crippen LogP contribution in [0.2, 0.25) is 24.7 Å². The zero-order chi connectivity index (χ0) is 17.8. The zero-order valence-corrected chi connectivity index (χ0v) is 17.2. The molecule has 0 bridgehead atoms. The van der Waals surface area contributed by atoms with Gasteiger partial charge in [0.1, 0.15) is 6.10 Å². The Hall–Kier alpha value is -0.393. The van der Waals surface area contributed by atoms with E-state index in [4.69, 9.17) is 14.2 Å². The molecule has 1 spiro atoms. The summed E-state index contributed by atoms with van der Waals surface area (Å²) in [4.78, 5) is 11.9. The number of hydrogen-bond donors (Lipinski definition) is 0. The summed E-state index contributed by atoms with van der Waals surface area (Å²) in [5.74, 6) is 0.764. The molecule has 0 N–H and O–H groups in total. The average molecular weight is 355 g/mol. The van der Waals surface area contributed by atoms with Gasteiger partial charge in [-0.1, -0.05) is 33.5 Å². The molecule has 1 heterocycles. The van der Waals surface area contributed by atoms with Gasteiger partial charge in [0.2, 0.25) is 0 Å². The highest BCUT2D eigenvalue weighted by molar-refractivity contribution is 6.80. The van der Waals surface area contributed by atoms with Crippen LogP contribution >= 0.6 is 0 Å². The molecule has 0 aromatic carbocycles. The lowest BCUT2D eigenvalue weighted by atomic mass is 9.67. The number of carbonyl (C=O) groups excluding carboxylic acids is 1. The van der Waals surface area contributed by atoms with E-state index in [1.807, 2.05) is 0 Å². The molecule has 2 saturated carbocycles. The van der Waals surface area contributed by atoms with Crippen LogP contribution < -0.4 is 0 Å². The molecular weight excluding hydrogens is 320 g/mol. The van der Waals surface area contributed by atoms with Gasteiger partial charge in [-0.15, -0.1) is 0 Å². The van der Waals surface area contributed by atoms with E-state index in [1.165, 1.54) is 12.8 Å². The first-order chi connectivity index (χ1) is 11.1. The number of hydrogen-bond acceptors (Lipinski definition) is 4. The molecule has 4 nitrogen and oxygen atoms in total. The smallest absolute Gasteiger partial charge is 0.302 e. The third-order valence-corrected chi connectivity index (χ3v) is 10.6. The van der Waals surface area contributed by atoms with E-state index in [9.17, 15) is 4.79 Å². The Labute approximate surface area is 147 Å². The van der Waals surface area contributed by atoms with Crippen molar-refractivity contribution < 1.29 is 19.0 Å². The van der Waals surface area contributed by atoms with Gasteiger partial charge in [-0.05, 0) is 24.7 Å². The second-order valence-electron chi connectivity index (χ2n) is 9.48. The van der Waals surface area contributed by atoms with Gasteiger partial charge in [0.05, 0.1) is 21.3 Å². The fourth-order valence-corrected chi connectivity index (χ4v) is 8.29. The predicted octanol–water partition coefficient (Wildman–Crippen LogP) is 4.22. The third kappa shape index (κ3) is 3.08. The summed E-state index contributed by atoms with van der Waals surface area (Å²) in [5, 5.41) is 0.258. The first kappa shape index (κ1) is 18.4. The van der Waals surface area contributed by atoms with Gasteiger partial charge >= 0.3 is 5.97 Å². The highest BCUT2D eigenvalue weighted by atomic mass is 28.3. The van der Waals surface area contributed by atoms with Gasteiger partial charge in [-0.3, -0.25) is 4.79 Å². The topological polar surface area (TPSA) is 44.8 Å². The molecule has 2 aliphatic carbocycles. The maximum Gasteiger partial charge on any atom is 0.302 e. The van der Waals surface area contributed by atoms with Gasteiger partial charge < -0.3 is 14.2 Å². The summed E-state index contributed by atoms with van der Waals surface area (Å²) in [5.41, 5.74) is 0. The Balaban J connectivity index is 1.86. The van der Waals surface area contributed by atoms with E-state index in [0.717, 1.165) is 12.8 Å². The highest BCUT2D eigenvalue weighted by Gasteiger charge is 2.63. The summed E-state index contributed by atoms with van der Waals surface area (Å²) in [6.45, 7) is 14.9. The Morgan fingerprint density at radius 2 is 1.58 bits per heavy atom. The minimum absolute atomic E-state index is 0.0606. The van der Waals surface area contributed by atoms with Crippen molar-refractivity contribution in [2.24, 2.45) is 17.8 Å². The molecule has 0 aromatic rings. The van der Waals surface area contributed by atoms with Crippen molar-refractivity contribution in [2.75, 3.05) is 13.2 Å². The third-order valence-electron chi connectivity index (χ3n) is 6.86. The fraction of sp³-hybridized carbons (Fsp3) is 0.947. The molecule has 3 rings (SSSR count). The largest absolute Gasteiger partial charge is 0.462 e. The van der Waals surface area contributed by atoms with Gasteiger partial charge in [-0.2, -0.15) is 0 Å². The molecule has 0 radical (unpaired) electrons. The van der Waals surface area contributed by atoms with E-state index in [2.05, 4.69) is 33.5 Å². The maximum atomic E-state index is 11.9. The van der Waals surface area contributed by atoms with Crippen LogP contribution in [0.1, 0.15) is 46.5 Å². The molecule has 3 aliphatic rings. The maximum absolute atomic E-state index is 11.9. The summed E-state index contributed by atoms with van der Waals surface area (Å²) < 4.78 is 18.0. The van der Waals surface area contributed by atoms with Crippen molar-refractivity contribution in [1.82, 2.24) is 0 Å². The quantitative estimate of drug-likeness (QED) is 0.560. The Bertz CT molecular complexity index is 474. The molecule has 138 valence electrons.